The molecule has 1 heterocycles. The summed E-state index contributed by atoms with van der Waals surface area (Å²) in [7, 11) is -4.25. The number of ketones is 1. The molecular formula is C6H6O4S2. The average Bonchev–Trinajstić information content (AvgIpc) is 2.30. The number of hydrogen-bond donors (Lipinski definition) is 1. The molecule has 0 atom stereocenters. The van der Waals surface area contributed by atoms with Crippen molar-refractivity contribution in [1.82, 2.24) is 0 Å². The van der Waals surface area contributed by atoms with Crippen LogP contribution in [-0.2, 0) is 10.1 Å². The summed E-state index contributed by atoms with van der Waals surface area (Å²) >= 11 is 1.06. The van der Waals surface area contributed by atoms with Gasteiger partial charge in [0.25, 0.3) is 10.1 Å². The second kappa shape index (κ2) is 2.96. The largest absolute Gasteiger partial charge is 0.296 e. The van der Waals surface area contributed by atoms with Gasteiger partial charge in [-0.2, -0.15) is 19.8 Å². The van der Waals surface area contributed by atoms with Crippen LogP contribution < -0.4 is 0 Å². The molecule has 1 aromatic rings. The molecule has 6 heteroatoms. The molecule has 0 spiro atoms. The SMILES string of the molecule is CC(=O)c1cscc1S(=O)(=O)O. The number of hydrogen-bond acceptors (Lipinski definition) is 4. The van der Waals surface area contributed by atoms with E-state index in [2.05, 4.69) is 0 Å². The van der Waals surface area contributed by atoms with Gasteiger partial charge < -0.3 is 0 Å². The van der Waals surface area contributed by atoms with Crippen LogP contribution >= 0.6 is 11.3 Å². The van der Waals surface area contributed by atoms with Crippen molar-refractivity contribution in [2.24, 2.45) is 0 Å². The van der Waals surface area contributed by atoms with Crippen LogP contribution in [0.3, 0.4) is 0 Å². The molecule has 0 aliphatic rings. The Bertz CT molecular complexity index is 401. The molecule has 0 aromatic carbocycles. The van der Waals surface area contributed by atoms with E-state index in [0.29, 0.717) is 0 Å². The molecule has 0 unspecified atom stereocenters. The summed E-state index contributed by atoms with van der Waals surface area (Å²) in [5.41, 5.74) is 0.0440. The highest BCUT2D eigenvalue weighted by Gasteiger charge is 2.18. The van der Waals surface area contributed by atoms with E-state index in [4.69, 9.17) is 4.55 Å². The third-order valence-electron chi connectivity index (χ3n) is 1.28. The lowest BCUT2D eigenvalue weighted by molar-refractivity contribution is 0.101. The predicted molar refractivity (Wildman–Crippen MR) is 44.1 cm³/mol. The van der Waals surface area contributed by atoms with Crippen molar-refractivity contribution >= 4 is 27.2 Å². The summed E-state index contributed by atoms with van der Waals surface area (Å²) in [4.78, 5) is 10.5. The Labute approximate surface area is 73.6 Å². The van der Waals surface area contributed by atoms with Crippen LogP contribution in [0.5, 0.6) is 0 Å². The quantitative estimate of drug-likeness (QED) is 0.583. The van der Waals surface area contributed by atoms with Crippen molar-refractivity contribution in [2.75, 3.05) is 0 Å². The molecule has 0 radical (unpaired) electrons. The van der Waals surface area contributed by atoms with Crippen molar-refractivity contribution in [2.45, 2.75) is 11.8 Å². The molecule has 12 heavy (non-hydrogen) atoms. The van der Waals surface area contributed by atoms with Crippen LogP contribution in [-0.4, -0.2) is 18.8 Å². The smallest absolute Gasteiger partial charge is 0.294 e. The first-order valence-electron chi connectivity index (χ1n) is 2.97. The molecular weight excluding hydrogens is 200 g/mol. The van der Waals surface area contributed by atoms with E-state index in [1.165, 1.54) is 17.7 Å². The summed E-state index contributed by atoms with van der Waals surface area (Å²) in [5, 5.41) is 2.62. The van der Waals surface area contributed by atoms with Crippen LogP contribution in [0.25, 0.3) is 0 Å². The minimum atomic E-state index is -4.25. The molecule has 66 valence electrons. The molecule has 4 nitrogen and oxygen atoms in total. The monoisotopic (exact) mass is 206 g/mol. The second-order valence-corrected chi connectivity index (χ2v) is 4.31. The zero-order chi connectivity index (χ0) is 9.35. The summed E-state index contributed by atoms with van der Waals surface area (Å²) < 4.78 is 29.9. The van der Waals surface area contributed by atoms with Gasteiger partial charge in [-0.3, -0.25) is 9.35 Å². The Morgan fingerprint density at radius 1 is 1.50 bits per heavy atom. The highest BCUT2D eigenvalue weighted by atomic mass is 32.2. The summed E-state index contributed by atoms with van der Waals surface area (Å²) in [6, 6.07) is 0. The normalized spacial score (nSPS) is 11.5. The standard InChI is InChI=1S/C6H6O4S2/c1-4(7)5-2-11-3-6(5)12(8,9)10/h2-3H,1H3,(H,8,9,10). The molecule has 0 saturated heterocycles. The van der Waals surface area contributed by atoms with Gasteiger partial charge in [-0.15, -0.1) is 0 Å². The van der Waals surface area contributed by atoms with Gasteiger partial charge in [0.15, 0.2) is 5.78 Å². The van der Waals surface area contributed by atoms with Crippen LogP contribution in [0.15, 0.2) is 15.7 Å². The highest BCUT2D eigenvalue weighted by molar-refractivity contribution is 7.86. The molecule has 1 aromatic heterocycles. The Kier molecular flexibility index (Phi) is 2.31. The Morgan fingerprint density at radius 2 is 2.08 bits per heavy atom. The van der Waals surface area contributed by atoms with Crippen molar-refractivity contribution in [1.29, 1.82) is 0 Å². The lowest BCUT2D eigenvalue weighted by Crippen LogP contribution is -2.02. The van der Waals surface area contributed by atoms with E-state index in [0.717, 1.165) is 11.3 Å². The molecule has 0 aliphatic heterocycles. The fourth-order valence-corrected chi connectivity index (χ4v) is 2.70. The Balaban J connectivity index is 3.36. The van der Waals surface area contributed by atoms with Crippen LogP contribution in [0.1, 0.15) is 17.3 Å². The summed E-state index contributed by atoms with van der Waals surface area (Å²) in [5.74, 6) is -0.371. The van der Waals surface area contributed by atoms with Gasteiger partial charge in [0, 0.05) is 16.3 Å². The van der Waals surface area contributed by atoms with Crippen LogP contribution in [0, 0.1) is 0 Å². The maximum atomic E-state index is 10.8. The number of Topliss-reactive ketones (excluding diaryl/α,β-unsaturated/α-hetero) is 1. The lowest BCUT2D eigenvalue weighted by atomic mass is 10.2. The number of rotatable bonds is 2. The van der Waals surface area contributed by atoms with Crippen molar-refractivity contribution in [3.05, 3.63) is 16.3 Å². The summed E-state index contributed by atoms with van der Waals surface area (Å²) in [6.07, 6.45) is 0. The molecule has 0 saturated carbocycles. The number of thiophene rings is 1. The third kappa shape index (κ3) is 1.71. The fraction of sp³-hybridized carbons (Fsp3) is 0.167. The van der Waals surface area contributed by atoms with Crippen LogP contribution in [0.2, 0.25) is 0 Å². The highest BCUT2D eigenvalue weighted by Crippen LogP contribution is 2.20. The molecule has 0 bridgehead atoms. The van der Waals surface area contributed by atoms with Crippen molar-refractivity contribution < 1.29 is 17.8 Å². The zero-order valence-corrected chi connectivity index (χ0v) is 7.78. The molecule has 0 fully saturated rings. The van der Waals surface area contributed by atoms with Crippen molar-refractivity contribution in [3.8, 4) is 0 Å². The fourth-order valence-electron chi connectivity index (χ4n) is 0.742. The van der Waals surface area contributed by atoms with Gasteiger partial charge in [-0.1, -0.05) is 0 Å². The van der Waals surface area contributed by atoms with E-state index in [1.807, 2.05) is 0 Å². The molecule has 0 amide bonds. The maximum absolute atomic E-state index is 10.8. The zero-order valence-electron chi connectivity index (χ0n) is 6.14. The Morgan fingerprint density at radius 3 is 2.42 bits per heavy atom. The first-order chi connectivity index (χ1) is 5.43. The van der Waals surface area contributed by atoms with Gasteiger partial charge in [-0.25, -0.2) is 0 Å². The van der Waals surface area contributed by atoms with E-state index in [1.54, 1.807) is 0 Å². The first-order valence-corrected chi connectivity index (χ1v) is 5.36. The minimum absolute atomic E-state index is 0.0440. The predicted octanol–water partition coefficient (Wildman–Crippen LogP) is 1.20. The average molecular weight is 206 g/mol. The van der Waals surface area contributed by atoms with Gasteiger partial charge in [0.2, 0.25) is 0 Å². The third-order valence-corrected chi connectivity index (χ3v) is 3.07. The van der Waals surface area contributed by atoms with Gasteiger partial charge in [0.1, 0.15) is 4.90 Å². The molecule has 0 aliphatic carbocycles. The number of carbonyl (C=O) groups is 1. The topological polar surface area (TPSA) is 71.4 Å². The van der Waals surface area contributed by atoms with Gasteiger partial charge >= 0.3 is 0 Å². The maximum Gasteiger partial charge on any atom is 0.296 e. The lowest BCUT2D eigenvalue weighted by Gasteiger charge is -1.94. The Hall–Kier alpha value is -0.720. The second-order valence-electron chi connectivity index (χ2n) is 2.18. The van der Waals surface area contributed by atoms with E-state index < -0.39 is 10.1 Å². The van der Waals surface area contributed by atoms with Crippen LogP contribution in [0.4, 0.5) is 0 Å². The van der Waals surface area contributed by atoms with Gasteiger partial charge in [-0.05, 0) is 6.92 Å². The van der Waals surface area contributed by atoms with E-state index in [-0.39, 0.29) is 16.2 Å². The van der Waals surface area contributed by atoms with E-state index in [9.17, 15) is 13.2 Å². The first kappa shape index (κ1) is 9.37. The minimum Gasteiger partial charge on any atom is -0.294 e. The van der Waals surface area contributed by atoms with Crippen molar-refractivity contribution in [3.63, 3.8) is 0 Å². The molecule has 1 rings (SSSR count). The number of carbonyl (C=O) groups excluding carboxylic acids is 1. The van der Waals surface area contributed by atoms with Gasteiger partial charge in [0.05, 0.1) is 0 Å². The van der Waals surface area contributed by atoms with E-state index >= 15 is 0 Å². The summed E-state index contributed by atoms with van der Waals surface area (Å²) in [6.45, 7) is 1.25. The molecule has 1 N–H and O–H groups in total.